The molecule has 1 aliphatic heterocycles. The molecule has 1 heterocycles. The normalized spacial score (nSPS) is 16.5. The fraction of sp³-hybridized carbons (Fsp3) is 0.588. The molecule has 0 aromatic heterocycles. The Labute approximate surface area is 149 Å². The molecule has 24 heavy (non-hydrogen) atoms. The zero-order valence-corrected chi connectivity index (χ0v) is 14.9. The van der Waals surface area contributed by atoms with Crippen molar-refractivity contribution in [1.29, 1.82) is 0 Å². The Kier molecular flexibility index (Phi) is 10.4. The highest BCUT2D eigenvalue weighted by Gasteiger charge is 2.18. The second-order valence-corrected chi connectivity index (χ2v) is 5.44. The van der Waals surface area contributed by atoms with Crippen LogP contribution in [-0.2, 0) is 9.47 Å². The first-order valence-electron chi connectivity index (χ1n) is 8.12. The summed E-state index contributed by atoms with van der Waals surface area (Å²) in [4.78, 5) is 12.3. The van der Waals surface area contributed by atoms with Gasteiger partial charge in [0.25, 0.3) is 5.91 Å². The first-order chi connectivity index (χ1) is 11.3. The number of carbonyl (C=O) groups is 1. The molecule has 1 unspecified atom stereocenters. The topological polar surface area (TPSA) is 68.8 Å². The quantitative estimate of drug-likeness (QED) is 0.622. The molecule has 6 nitrogen and oxygen atoms in total. The Balaban J connectivity index is 0.00000288. The van der Waals surface area contributed by atoms with E-state index in [0.29, 0.717) is 37.6 Å². The van der Waals surface area contributed by atoms with Gasteiger partial charge in [0.2, 0.25) is 0 Å². The lowest BCUT2D eigenvalue weighted by Gasteiger charge is -2.14. The molecule has 1 atom stereocenters. The Bertz CT molecular complexity index is 481. The predicted molar refractivity (Wildman–Crippen MR) is 95.2 cm³/mol. The summed E-state index contributed by atoms with van der Waals surface area (Å²) in [6.07, 6.45) is 2.23. The first kappa shape index (κ1) is 20.7. The molecule has 0 spiro atoms. The van der Waals surface area contributed by atoms with Crippen molar-refractivity contribution < 1.29 is 19.0 Å². The molecule has 1 amide bonds. The summed E-state index contributed by atoms with van der Waals surface area (Å²) >= 11 is 0. The largest absolute Gasteiger partial charge is 0.490 e. The van der Waals surface area contributed by atoms with Crippen LogP contribution in [0.3, 0.4) is 0 Å². The molecule has 0 radical (unpaired) electrons. The number of rotatable bonds is 10. The van der Waals surface area contributed by atoms with Gasteiger partial charge in [-0.15, -0.1) is 12.4 Å². The molecule has 2 N–H and O–H groups in total. The number of hydrogen-bond donors (Lipinski definition) is 2. The van der Waals surface area contributed by atoms with E-state index in [1.807, 2.05) is 18.2 Å². The van der Waals surface area contributed by atoms with Crippen LogP contribution in [0.2, 0.25) is 0 Å². The van der Waals surface area contributed by atoms with Crippen LogP contribution in [0.1, 0.15) is 23.2 Å². The molecule has 0 bridgehead atoms. The van der Waals surface area contributed by atoms with Crippen molar-refractivity contribution in [3.05, 3.63) is 29.8 Å². The van der Waals surface area contributed by atoms with Crippen LogP contribution in [0.25, 0.3) is 0 Å². The van der Waals surface area contributed by atoms with Gasteiger partial charge < -0.3 is 24.8 Å². The molecule has 1 aromatic carbocycles. The molecule has 136 valence electrons. The highest BCUT2D eigenvalue weighted by molar-refractivity contribution is 5.96. The van der Waals surface area contributed by atoms with E-state index in [1.165, 1.54) is 0 Å². The summed E-state index contributed by atoms with van der Waals surface area (Å²) in [7, 11) is 1.66. The third-order valence-corrected chi connectivity index (χ3v) is 3.65. The minimum atomic E-state index is -0.124. The van der Waals surface area contributed by atoms with Crippen LogP contribution in [0.5, 0.6) is 5.75 Å². The number of carbonyl (C=O) groups excluding carboxylic acids is 1. The third kappa shape index (κ3) is 7.05. The van der Waals surface area contributed by atoms with Gasteiger partial charge in [-0.3, -0.25) is 4.79 Å². The predicted octanol–water partition coefficient (Wildman–Crippen LogP) is 1.63. The zero-order chi connectivity index (χ0) is 16.3. The van der Waals surface area contributed by atoms with Gasteiger partial charge in [-0.25, -0.2) is 0 Å². The zero-order valence-electron chi connectivity index (χ0n) is 14.1. The number of nitrogens with one attached hydrogen (secondary N) is 2. The van der Waals surface area contributed by atoms with Gasteiger partial charge >= 0.3 is 0 Å². The van der Waals surface area contributed by atoms with E-state index in [4.69, 9.17) is 14.2 Å². The maximum Gasteiger partial charge on any atom is 0.255 e. The van der Waals surface area contributed by atoms with Gasteiger partial charge in [0.05, 0.1) is 18.3 Å². The molecule has 0 saturated carbocycles. The maximum absolute atomic E-state index is 12.3. The number of halogens is 1. The maximum atomic E-state index is 12.3. The van der Waals surface area contributed by atoms with Crippen molar-refractivity contribution in [3.8, 4) is 5.75 Å². The smallest absolute Gasteiger partial charge is 0.255 e. The van der Waals surface area contributed by atoms with Gasteiger partial charge in [0.1, 0.15) is 12.4 Å². The summed E-state index contributed by atoms with van der Waals surface area (Å²) in [6, 6.07) is 7.30. The standard InChI is InChI=1S/C17H26N2O4.ClH/c1-21-12-10-18-8-9-19-17(20)15-6-2-3-7-16(15)23-13-14-5-4-11-22-14;/h2-3,6-7,14,18H,4-5,8-13H2,1H3,(H,19,20);1H. The van der Waals surface area contributed by atoms with E-state index in [-0.39, 0.29) is 24.4 Å². The van der Waals surface area contributed by atoms with Gasteiger partial charge in [-0.05, 0) is 25.0 Å². The fourth-order valence-corrected chi connectivity index (χ4v) is 2.40. The van der Waals surface area contributed by atoms with E-state index in [1.54, 1.807) is 13.2 Å². The van der Waals surface area contributed by atoms with Crippen molar-refractivity contribution in [3.63, 3.8) is 0 Å². The lowest BCUT2D eigenvalue weighted by molar-refractivity contribution is 0.0670. The van der Waals surface area contributed by atoms with Gasteiger partial charge in [-0.2, -0.15) is 0 Å². The van der Waals surface area contributed by atoms with E-state index >= 15 is 0 Å². The van der Waals surface area contributed by atoms with Crippen LogP contribution < -0.4 is 15.4 Å². The number of para-hydroxylation sites is 1. The second kappa shape index (κ2) is 12.1. The minimum absolute atomic E-state index is 0. The SMILES string of the molecule is COCCNCCNC(=O)c1ccccc1OCC1CCCO1.Cl. The van der Waals surface area contributed by atoms with Crippen molar-refractivity contribution in [2.45, 2.75) is 18.9 Å². The summed E-state index contributed by atoms with van der Waals surface area (Å²) < 4.78 is 16.3. The number of hydrogen-bond acceptors (Lipinski definition) is 5. The van der Waals surface area contributed by atoms with E-state index in [9.17, 15) is 4.79 Å². The van der Waals surface area contributed by atoms with Crippen LogP contribution in [0.15, 0.2) is 24.3 Å². The van der Waals surface area contributed by atoms with Crippen LogP contribution in [0.4, 0.5) is 0 Å². The molecule has 1 fully saturated rings. The molecular formula is C17H27ClN2O4. The summed E-state index contributed by atoms with van der Waals surface area (Å²) in [5.74, 6) is 0.481. The highest BCUT2D eigenvalue weighted by Crippen LogP contribution is 2.20. The summed E-state index contributed by atoms with van der Waals surface area (Å²) in [6.45, 7) is 3.98. The first-order valence-corrected chi connectivity index (χ1v) is 8.12. The monoisotopic (exact) mass is 358 g/mol. The Morgan fingerprint density at radius 2 is 2.12 bits per heavy atom. The number of benzene rings is 1. The highest BCUT2D eigenvalue weighted by atomic mass is 35.5. The van der Waals surface area contributed by atoms with E-state index in [0.717, 1.165) is 26.0 Å². The van der Waals surface area contributed by atoms with E-state index in [2.05, 4.69) is 10.6 Å². The van der Waals surface area contributed by atoms with Gasteiger partial charge in [0, 0.05) is 33.4 Å². The number of ether oxygens (including phenoxy) is 3. The summed E-state index contributed by atoms with van der Waals surface area (Å²) in [5.41, 5.74) is 0.558. The second-order valence-electron chi connectivity index (χ2n) is 5.44. The average Bonchev–Trinajstić information content (AvgIpc) is 3.09. The lowest BCUT2D eigenvalue weighted by atomic mass is 10.2. The fourth-order valence-electron chi connectivity index (χ4n) is 2.40. The van der Waals surface area contributed by atoms with Crippen molar-refractivity contribution in [2.75, 3.05) is 46.6 Å². The van der Waals surface area contributed by atoms with Crippen LogP contribution in [0, 0.1) is 0 Å². The third-order valence-electron chi connectivity index (χ3n) is 3.65. The number of methoxy groups -OCH3 is 1. The molecule has 1 aliphatic rings. The van der Waals surface area contributed by atoms with Crippen molar-refractivity contribution >= 4 is 18.3 Å². The van der Waals surface area contributed by atoms with Crippen molar-refractivity contribution in [2.24, 2.45) is 0 Å². The summed E-state index contributed by atoms with van der Waals surface area (Å²) in [5, 5.41) is 6.07. The molecule has 7 heteroatoms. The van der Waals surface area contributed by atoms with E-state index < -0.39 is 0 Å². The average molecular weight is 359 g/mol. The molecule has 2 rings (SSSR count). The molecule has 0 aliphatic carbocycles. The number of amides is 1. The molecule has 1 aromatic rings. The lowest BCUT2D eigenvalue weighted by Crippen LogP contribution is -2.33. The van der Waals surface area contributed by atoms with Crippen LogP contribution in [-0.4, -0.2) is 58.6 Å². The van der Waals surface area contributed by atoms with Gasteiger partial charge in [-0.1, -0.05) is 12.1 Å². The van der Waals surface area contributed by atoms with Gasteiger partial charge in [0.15, 0.2) is 0 Å². The Hall–Kier alpha value is -1.34. The molecule has 1 saturated heterocycles. The van der Waals surface area contributed by atoms with Crippen LogP contribution >= 0.6 is 12.4 Å². The molecular weight excluding hydrogens is 332 g/mol. The Morgan fingerprint density at radius 3 is 2.88 bits per heavy atom. The minimum Gasteiger partial charge on any atom is -0.490 e. The Morgan fingerprint density at radius 1 is 1.29 bits per heavy atom. The van der Waals surface area contributed by atoms with Crippen molar-refractivity contribution in [1.82, 2.24) is 10.6 Å².